The number of aromatic carboxylic acids is 1. The summed E-state index contributed by atoms with van der Waals surface area (Å²) in [5.41, 5.74) is 2.46. The van der Waals surface area contributed by atoms with Gasteiger partial charge in [-0.05, 0) is 65.3 Å². The van der Waals surface area contributed by atoms with E-state index in [0.717, 1.165) is 21.9 Å². The summed E-state index contributed by atoms with van der Waals surface area (Å²) in [6, 6.07) is 26.7. The van der Waals surface area contributed by atoms with E-state index in [1.165, 1.54) is 17.0 Å². The third-order valence-corrected chi connectivity index (χ3v) is 6.69. The molecule has 0 saturated heterocycles. The molecule has 0 aliphatic rings. The van der Waals surface area contributed by atoms with Gasteiger partial charge in [0.05, 0.1) is 5.56 Å². The Morgan fingerprint density at radius 2 is 1.67 bits per heavy atom. The summed E-state index contributed by atoms with van der Waals surface area (Å²) in [5.74, 6) is -0.217. The molecule has 0 bridgehead atoms. The van der Waals surface area contributed by atoms with E-state index in [-0.39, 0.29) is 37.4 Å². The number of hydrogen-bond acceptors (Lipinski definition) is 5. The van der Waals surface area contributed by atoms with Crippen molar-refractivity contribution in [1.29, 1.82) is 0 Å². The van der Waals surface area contributed by atoms with Crippen LogP contribution in [0.25, 0.3) is 16.8 Å². The van der Waals surface area contributed by atoms with Gasteiger partial charge < -0.3 is 24.6 Å². The fourth-order valence-electron chi connectivity index (χ4n) is 4.46. The third kappa shape index (κ3) is 8.57. The summed E-state index contributed by atoms with van der Waals surface area (Å²) in [7, 11) is 0. The van der Waals surface area contributed by atoms with Crippen LogP contribution in [0.5, 0.6) is 11.5 Å². The Bertz CT molecular complexity index is 1510. The van der Waals surface area contributed by atoms with Crippen molar-refractivity contribution in [3.63, 3.8) is 0 Å². The third-order valence-electron chi connectivity index (χ3n) is 6.69. The van der Waals surface area contributed by atoms with E-state index in [4.69, 9.17) is 9.47 Å². The molecule has 4 rings (SSSR count). The summed E-state index contributed by atoms with van der Waals surface area (Å²) in [6.07, 6.45) is 0.397. The Balaban J connectivity index is 1.61. The van der Waals surface area contributed by atoms with Crippen molar-refractivity contribution in [2.45, 2.75) is 32.5 Å². The number of aromatic hydroxyl groups is 1. The number of phenolic OH excluding ortho intramolecular Hbond substituents is 1. The zero-order valence-electron chi connectivity index (χ0n) is 23.4. The maximum absolute atomic E-state index is 14.3. The van der Waals surface area contributed by atoms with Gasteiger partial charge in [0.2, 0.25) is 6.36 Å². The number of halogens is 1. The van der Waals surface area contributed by atoms with E-state index in [2.05, 4.69) is 0 Å². The SMILES string of the molecule is CCCC(F)OC(=O)N(CCc1ccc(O)cc1)CC(=Cc1ccc(C(=O)O)cc1)COc1cccc2ccccc12. The van der Waals surface area contributed by atoms with E-state index in [9.17, 15) is 24.2 Å². The highest BCUT2D eigenvalue weighted by Gasteiger charge is 2.21. The molecule has 0 aromatic heterocycles. The van der Waals surface area contributed by atoms with Crippen molar-refractivity contribution in [3.8, 4) is 11.5 Å². The molecule has 0 heterocycles. The lowest BCUT2D eigenvalue weighted by Crippen LogP contribution is -2.37. The minimum atomic E-state index is -1.72. The van der Waals surface area contributed by atoms with Crippen LogP contribution in [-0.4, -0.2) is 53.2 Å². The zero-order chi connectivity index (χ0) is 29.9. The van der Waals surface area contributed by atoms with Gasteiger partial charge in [-0.2, -0.15) is 0 Å². The van der Waals surface area contributed by atoms with Crippen LogP contribution >= 0.6 is 0 Å². The Kier molecular flexibility index (Phi) is 10.5. The van der Waals surface area contributed by atoms with Crippen LogP contribution < -0.4 is 4.74 Å². The van der Waals surface area contributed by atoms with Gasteiger partial charge in [-0.3, -0.25) is 0 Å². The number of amides is 1. The van der Waals surface area contributed by atoms with Gasteiger partial charge in [-0.15, -0.1) is 0 Å². The average molecular weight is 572 g/mol. The number of fused-ring (bicyclic) bond motifs is 1. The predicted molar refractivity (Wildman–Crippen MR) is 160 cm³/mol. The summed E-state index contributed by atoms with van der Waals surface area (Å²) in [4.78, 5) is 25.9. The van der Waals surface area contributed by atoms with Crippen molar-refractivity contribution < 1.29 is 33.7 Å². The summed E-state index contributed by atoms with van der Waals surface area (Å²) >= 11 is 0. The molecule has 2 N–H and O–H groups in total. The van der Waals surface area contributed by atoms with Gasteiger partial charge >= 0.3 is 12.1 Å². The maximum atomic E-state index is 14.3. The first-order valence-electron chi connectivity index (χ1n) is 13.8. The minimum Gasteiger partial charge on any atom is -0.508 e. The molecule has 0 spiro atoms. The fourth-order valence-corrected chi connectivity index (χ4v) is 4.46. The second-order valence-electron chi connectivity index (χ2n) is 9.92. The Hall–Kier alpha value is -4.85. The number of carboxylic acid groups (broad SMARTS) is 1. The lowest BCUT2D eigenvalue weighted by atomic mass is 10.1. The van der Waals surface area contributed by atoms with Gasteiger partial charge in [0.15, 0.2) is 0 Å². The number of carbonyl (C=O) groups excluding carboxylic acids is 1. The summed E-state index contributed by atoms with van der Waals surface area (Å²) in [5, 5.41) is 20.9. The number of phenols is 1. The molecular formula is C34H34FNO6. The summed E-state index contributed by atoms with van der Waals surface area (Å²) in [6.45, 7) is 2.24. The largest absolute Gasteiger partial charge is 0.508 e. The molecule has 7 nitrogen and oxygen atoms in total. The molecule has 1 amide bonds. The number of rotatable bonds is 13. The van der Waals surface area contributed by atoms with Gasteiger partial charge in [-0.1, -0.05) is 73.7 Å². The van der Waals surface area contributed by atoms with E-state index >= 15 is 0 Å². The molecule has 42 heavy (non-hydrogen) atoms. The monoisotopic (exact) mass is 571 g/mol. The zero-order valence-corrected chi connectivity index (χ0v) is 23.4. The first-order valence-corrected chi connectivity index (χ1v) is 13.8. The molecule has 4 aromatic rings. The van der Waals surface area contributed by atoms with Gasteiger partial charge in [0.1, 0.15) is 18.1 Å². The molecule has 0 fully saturated rings. The number of hydrogen-bond donors (Lipinski definition) is 2. The highest BCUT2D eigenvalue weighted by molar-refractivity contribution is 5.88. The van der Waals surface area contributed by atoms with Crippen LogP contribution in [-0.2, 0) is 11.2 Å². The second-order valence-corrected chi connectivity index (χ2v) is 9.92. The molecule has 0 aliphatic heterocycles. The highest BCUT2D eigenvalue weighted by Crippen LogP contribution is 2.26. The molecule has 8 heteroatoms. The van der Waals surface area contributed by atoms with Crippen molar-refractivity contribution in [3.05, 3.63) is 113 Å². The molecule has 218 valence electrons. The van der Waals surface area contributed by atoms with Crippen molar-refractivity contribution in [2.75, 3.05) is 19.7 Å². The lowest BCUT2D eigenvalue weighted by molar-refractivity contribution is -0.00989. The van der Waals surface area contributed by atoms with Crippen LogP contribution in [0.1, 0.15) is 41.3 Å². The highest BCUT2D eigenvalue weighted by atomic mass is 19.1. The Morgan fingerprint density at radius 1 is 0.952 bits per heavy atom. The fraction of sp³-hybridized carbons (Fsp3) is 0.235. The summed E-state index contributed by atoms with van der Waals surface area (Å²) < 4.78 is 25.7. The van der Waals surface area contributed by atoms with Crippen LogP contribution in [0, 0.1) is 0 Å². The normalized spacial score (nSPS) is 12.1. The average Bonchev–Trinajstić information content (AvgIpc) is 2.99. The molecular weight excluding hydrogens is 537 g/mol. The Morgan fingerprint density at radius 3 is 2.38 bits per heavy atom. The van der Waals surface area contributed by atoms with Crippen molar-refractivity contribution >= 4 is 28.9 Å². The van der Waals surface area contributed by atoms with Crippen molar-refractivity contribution in [1.82, 2.24) is 4.90 Å². The van der Waals surface area contributed by atoms with E-state index < -0.39 is 18.4 Å². The van der Waals surface area contributed by atoms with Crippen LogP contribution in [0.3, 0.4) is 0 Å². The van der Waals surface area contributed by atoms with Gasteiger partial charge in [0.25, 0.3) is 0 Å². The van der Waals surface area contributed by atoms with Crippen LogP contribution in [0.15, 0.2) is 96.6 Å². The number of nitrogens with zero attached hydrogens (tertiary/aromatic N) is 1. The quantitative estimate of drug-likeness (QED) is 0.173. The molecule has 0 aliphatic carbocycles. The molecule has 1 atom stereocenters. The minimum absolute atomic E-state index is 0.0845. The predicted octanol–water partition coefficient (Wildman–Crippen LogP) is 7.48. The lowest BCUT2D eigenvalue weighted by Gasteiger charge is -2.25. The van der Waals surface area contributed by atoms with Gasteiger partial charge in [0, 0.05) is 24.9 Å². The second kappa shape index (κ2) is 14.7. The molecule has 0 saturated carbocycles. The van der Waals surface area contributed by atoms with Crippen molar-refractivity contribution in [2.24, 2.45) is 0 Å². The van der Waals surface area contributed by atoms with Gasteiger partial charge in [-0.25, -0.2) is 14.0 Å². The smallest absolute Gasteiger partial charge is 0.412 e. The first kappa shape index (κ1) is 30.1. The van der Waals surface area contributed by atoms with E-state index in [1.54, 1.807) is 36.4 Å². The number of ether oxygens (including phenoxy) is 2. The molecule has 1 unspecified atom stereocenters. The standard InChI is InChI=1S/C34H34FNO6/c1-2-6-32(35)42-34(40)36(20-19-24-13-17-29(37)18-14-24)22-26(21-25-11-15-28(16-12-25)33(38)39)23-41-31-10-5-8-27-7-3-4-9-30(27)31/h3-5,7-18,21,32,37H,2,6,19-20,22-23H2,1H3,(H,38,39). The topological polar surface area (TPSA) is 96.3 Å². The maximum Gasteiger partial charge on any atom is 0.412 e. The number of benzene rings is 4. The first-order chi connectivity index (χ1) is 20.3. The number of alkyl halides is 1. The number of carboxylic acids is 1. The number of carbonyl (C=O) groups is 2. The van der Waals surface area contributed by atoms with Crippen LogP contribution in [0.2, 0.25) is 0 Å². The van der Waals surface area contributed by atoms with E-state index in [0.29, 0.717) is 24.2 Å². The molecule has 4 aromatic carbocycles. The molecule has 0 radical (unpaired) electrons. The Labute approximate surface area is 244 Å². The van der Waals surface area contributed by atoms with E-state index in [1.807, 2.05) is 55.5 Å². The van der Waals surface area contributed by atoms with Crippen LogP contribution in [0.4, 0.5) is 9.18 Å².